The lowest BCUT2D eigenvalue weighted by Crippen LogP contribution is -2.34. The molecule has 1 saturated carbocycles. The zero-order chi connectivity index (χ0) is 12.3. The maximum atomic E-state index is 11.3. The zero-order valence-corrected chi connectivity index (χ0v) is 10.8. The third-order valence-corrected chi connectivity index (χ3v) is 3.50. The Labute approximate surface area is 107 Å². The van der Waals surface area contributed by atoms with Gasteiger partial charge in [-0.05, 0) is 28.8 Å². The van der Waals surface area contributed by atoms with Crippen molar-refractivity contribution in [3.8, 4) is 6.01 Å². The number of rotatable bonds is 4. The number of carboxylic acids is 1. The third kappa shape index (κ3) is 2.74. The van der Waals surface area contributed by atoms with Crippen molar-refractivity contribution < 1.29 is 14.6 Å². The predicted octanol–water partition coefficient (Wildman–Crippen LogP) is 2.26. The first-order chi connectivity index (χ1) is 8.12. The van der Waals surface area contributed by atoms with Crippen LogP contribution in [0.5, 0.6) is 6.01 Å². The topological polar surface area (TPSA) is 72.3 Å². The molecule has 1 aliphatic carbocycles. The molecule has 5 nitrogen and oxygen atoms in total. The molecule has 6 heteroatoms. The molecule has 0 aliphatic heterocycles. The molecular formula is C11H13BrN2O3. The number of nitrogens with zero attached hydrogens (tertiary/aromatic N) is 2. The quantitative estimate of drug-likeness (QED) is 0.923. The van der Waals surface area contributed by atoms with E-state index >= 15 is 0 Å². The molecule has 0 atom stereocenters. The van der Waals surface area contributed by atoms with E-state index in [9.17, 15) is 9.90 Å². The van der Waals surface area contributed by atoms with E-state index < -0.39 is 11.4 Å². The molecule has 2 rings (SSSR count). The average Bonchev–Trinajstić information content (AvgIpc) is 2.78. The molecule has 1 fully saturated rings. The second-order valence-electron chi connectivity index (χ2n) is 4.27. The maximum absolute atomic E-state index is 11.3. The van der Waals surface area contributed by atoms with Crippen molar-refractivity contribution in [3.63, 3.8) is 0 Å². The number of aliphatic carboxylic acids is 1. The van der Waals surface area contributed by atoms with Crippen LogP contribution in [-0.4, -0.2) is 27.7 Å². The zero-order valence-electron chi connectivity index (χ0n) is 9.23. The molecule has 92 valence electrons. The van der Waals surface area contributed by atoms with E-state index in [1.807, 2.05) is 0 Å². The van der Waals surface area contributed by atoms with Crippen molar-refractivity contribution in [2.75, 3.05) is 6.61 Å². The molecule has 0 bridgehead atoms. The van der Waals surface area contributed by atoms with E-state index in [4.69, 9.17) is 4.74 Å². The van der Waals surface area contributed by atoms with Gasteiger partial charge in [-0.15, -0.1) is 0 Å². The highest BCUT2D eigenvalue weighted by atomic mass is 79.9. The minimum absolute atomic E-state index is 0.143. The summed E-state index contributed by atoms with van der Waals surface area (Å²) in [4.78, 5) is 19.2. The van der Waals surface area contributed by atoms with Crippen molar-refractivity contribution in [3.05, 3.63) is 16.9 Å². The minimum Gasteiger partial charge on any atom is -0.481 e. The van der Waals surface area contributed by atoms with E-state index in [-0.39, 0.29) is 12.6 Å². The second kappa shape index (κ2) is 5.00. The highest BCUT2D eigenvalue weighted by Gasteiger charge is 2.42. The Balaban J connectivity index is 2.00. The van der Waals surface area contributed by atoms with Gasteiger partial charge in [0.05, 0.1) is 4.47 Å². The van der Waals surface area contributed by atoms with Gasteiger partial charge in [0.25, 0.3) is 0 Å². The van der Waals surface area contributed by atoms with Gasteiger partial charge in [0.1, 0.15) is 12.0 Å². The number of hydrogen-bond donors (Lipinski definition) is 1. The molecule has 1 aromatic rings. The Morgan fingerprint density at radius 3 is 2.53 bits per heavy atom. The normalized spacial score (nSPS) is 17.9. The Morgan fingerprint density at radius 2 is 2.00 bits per heavy atom. The van der Waals surface area contributed by atoms with Gasteiger partial charge in [0.2, 0.25) is 0 Å². The van der Waals surface area contributed by atoms with Crippen molar-refractivity contribution in [1.82, 2.24) is 9.97 Å². The van der Waals surface area contributed by atoms with E-state index in [1.54, 1.807) is 12.4 Å². The summed E-state index contributed by atoms with van der Waals surface area (Å²) in [5, 5.41) is 9.26. The summed E-state index contributed by atoms with van der Waals surface area (Å²) in [7, 11) is 0. The number of carboxylic acid groups (broad SMARTS) is 1. The Bertz CT molecular complexity index is 402. The lowest BCUT2D eigenvalue weighted by molar-refractivity contribution is -0.150. The fourth-order valence-corrected chi connectivity index (χ4v) is 2.25. The van der Waals surface area contributed by atoms with E-state index in [1.165, 1.54) is 0 Å². The average molecular weight is 301 g/mol. The van der Waals surface area contributed by atoms with Crippen LogP contribution in [-0.2, 0) is 4.79 Å². The number of halogens is 1. The summed E-state index contributed by atoms with van der Waals surface area (Å²) >= 11 is 3.22. The second-order valence-corrected chi connectivity index (χ2v) is 5.18. The molecule has 0 saturated heterocycles. The van der Waals surface area contributed by atoms with E-state index in [2.05, 4.69) is 25.9 Å². The summed E-state index contributed by atoms with van der Waals surface area (Å²) in [6.07, 6.45) is 6.36. The molecule has 1 N–H and O–H groups in total. The molecule has 17 heavy (non-hydrogen) atoms. The largest absolute Gasteiger partial charge is 0.481 e. The summed E-state index contributed by atoms with van der Waals surface area (Å²) in [6, 6.07) is 0.223. The smallest absolute Gasteiger partial charge is 0.316 e. The van der Waals surface area contributed by atoms with Crippen LogP contribution >= 0.6 is 15.9 Å². The molecule has 1 heterocycles. The van der Waals surface area contributed by atoms with Crippen molar-refractivity contribution in [1.29, 1.82) is 0 Å². The molecule has 0 aromatic carbocycles. The number of carbonyl (C=O) groups is 1. The molecule has 1 aliphatic rings. The van der Waals surface area contributed by atoms with Gasteiger partial charge in [0, 0.05) is 12.4 Å². The lowest BCUT2D eigenvalue weighted by Gasteiger charge is -2.22. The van der Waals surface area contributed by atoms with E-state index in [0.29, 0.717) is 12.8 Å². The summed E-state index contributed by atoms with van der Waals surface area (Å²) in [6.45, 7) is 0.143. The van der Waals surface area contributed by atoms with Crippen LogP contribution in [0, 0.1) is 5.41 Å². The van der Waals surface area contributed by atoms with Crippen molar-refractivity contribution >= 4 is 21.9 Å². The molecule has 0 spiro atoms. The van der Waals surface area contributed by atoms with Gasteiger partial charge in [0.15, 0.2) is 0 Å². The molecule has 0 radical (unpaired) electrons. The highest BCUT2D eigenvalue weighted by Crippen LogP contribution is 2.38. The van der Waals surface area contributed by atoms with Gasteiger partial charge in [-0.3, -0.25) is 4.79 Å². The van der Waals surface area contributed by atoms with Crippen LogP contribution < -0.4 is 4.74 Å². The molecule has 0 unspecified atom stereocenters. The standard InChI is InChI=1S/C11H13BrN2O3/c12-8-5-13-10(14-6-8)17-7-11(9(15)16)3-1-2-4-11/h5-6H,1-4,7H2,(H,15,16). The fraction of sp³-hybridized carbons (Fsp3) is 0.545. The van der Waals surface area contributed by atoms with Crippen LogP contribution in [0.1, 0.15) is 25.7 Å². The number of hydrogen-bond acceptors (Lipinski definition) is 4. The van der Waals surface area contributed by atoms with Crippen LogP contribution in [0.25, 0.3) is 0 Å². The van der Waals surface area contributed by atoms with Crippen LogP contribution in [0.3, 0.4) is 0 Å². The Hall–Kier alpha value is -1.17. The number of aromatic nitrogens is 2. The van der Waals surface area contributed by atoms with Crippen LogP contribution in [0.15, 0.2) is 16.9 Å². The summed E-state index contributed by atoms with van der Waals surface area (Å²) < 4.78 is 6.15. The fourth-order valence-electron chi connectivity index (χ4n) is 2.05. The molecule has 1 aromatic heterocycles. The van der Waals surface area contributed by atoms with Gasteiger partial charge >= 0.3 is 12.0 Å². The van der Waals surface area contributed by atoms with Crippen molar-refractivity contribution in [2.24, 2.45) is 5.41 Å². The van der Waals surface area contributed by atoms with Gasteiger partial charge in [-0.1, -0.05) is 12.8 Å². The van der Waals surface area contributed by atoms with Crippen molar-refractivity contribution in [2.45, 2.75) is 25.7 Å². The first-order valence-electron chi connectivity index (χ1n) is 5.46. The highest BCUT2D eigenvalue weighted by molar-refractivity contribution is 9.10. The van der Waals surface area contributed by atoms with Crippen LogP contribution in [0.4, 0.5) is 0 Å². The van der Waals surface area contributed by atoms with Crippen LogP contribution in [0.2, 0.25) is 0 Å². The number of ether oxygens (including phenoxy) is 1. The van der Waals surface area contributed by atoms with Gasteiger partial charge in [-0.2, -0.15) is 0 Å². The summed E-state index contributed by atoms with van der Waals surface area (Å²) in [5.74, 6) is -0.785. The Morgan fingerprint density at radius 1 is 1.41 bits per heavy atom. The van der Waals surface area contributed by atoms with Gasteiger partial charge in [-0.25, -0.2) is 9.97 Å². The first-order valence-corrected chi connectivity index (χ1v) is 6.25. The monoisotopic (exact) mass is 300 g/mol. The molecule has 0 amide bonds. The first kappa shape index (κ1) is 12.3. The van der Waals surface area contributed by atoms with E-state index in [0.717, 1.165) is 17.3 Å². The maximum Gasteiger partial charge on any atom is 0.316 e. The SMILES string of the molecule is O=C(O)C1(COc2ncc(Br)cn2)CCCC1. The molecular weight excluding hydrogens is 288 g/mol. The van der Waals surface area contributed by atoms with Gasteiger partial charge < -0.3 is 9.84 Å². The summed E-state index contributed by atoms with van der Waals surface area (Å²) in [5.41, 5.74) is -0.754. The minimum atomic E-state index is -0.785. The lowest BCUT2D eigenvalue weighted by atomic mass is 9.87. The predicted molar refractivity (Wildman–Crippen MR) is 63.8 cm³/mol. The Kier molecular flexibility index (Phi) is 3.61. The third-order valence-electron chi connectivity index (χ3n) is 3.09.